The van der Waals surface area contributed by atoms with Gasteiger partial charge in [0.1, 0.15) is 6.15 Å². The Morgan fingerprint density at radius 1 is 0.310 bits per heavy atom. The first-order valence-electron chi connectivity index (χ1n) is 19.1. The van der Waals surface area contributed by atoms with Crippen molar-refractivity contribution in [2.24, 2.45) is 0 Å². The van der Waals surface area contributed by atoms with E-state index in [-0.39, 0.29) is 0 Å². The molecule has 0 amide bonds. The molecule has 6 aromatic rings. The van der Waals surface area contributed by atoms with Crippen molar-refractivity contribution in [3.05, 3.63) is 183 Å². The van der Waals surface area contributed by atoms with Gasteiger partial charge in [0.25, 0.3) is 0 Å². The Labute approximate surface area is 387 Å². The smallest absolute Gasteiger partial charge is 0.201 e. The summed E-state index contributed by atoms with van der Waals surface area (Å²) >= 11 is 5.81. The first-order valence-corrected chi connectivity index (χ1v) is 19.5. The van der Waals surface area contributed by atoms with Crippen molar-refractivity contribution in [3.63, 3.8) is 0 Å². The lowest BCUT2D eigenvalue weighted by molar-refractivity contribution is -0.688. The zero-order chi connectivity index (χ0) is 53.7. The van der Waals surface area contributed by atoms with E-state index in [1.807, 2.05) is 42.5 Å². The highest BCUT2D eigenvalue weighted by Gasteiger charge is 2.47. The van der Waals surface area contributed by atoms with Crippen molar-refractivity contribution < 1.29 is 110 Å². The first kappa shape index (κ1) is 55.8. The number of rotatable bonds is 6. The van der Waals surface area contributed by atoms with Crippen LogP contribution in [0.2, 0.25) is 5.02 Å². The molecule has 0 atom stereocenters. The average molecular weight is 1070 g/mol. The summed E-state index contributed by atoms with van der Waals surface area (Å²) in [6.45, 7) is 0.887. The van der Waals surface area contributed by atoms with E-state index in [4.69, 9.17) is 11.6 Å². The second-order valence-corrected chi connectivity index (χ2v) is 15.8. The van der Waals surface area contributed by atoms with Crippen LogP contribution >= 0.6 is 11.6 Å². The van der Waals surface area contributed by atoms with Gasteiger partial charge in [0.2, 0.25) is 0 Å². The number of benzene rings is 5. The number of alkyl halides is 24. The molecule has 0 saturated carbocycles. The molecule has 0 aliphatic heterocycles. The number of pyridine rings is 1. The Morgan fingerprint density at radius 2 is 0.521 bits per heavy atom. The van der Waals surface area contributed by atoms with Crippen LogP contribution < -0.4 is 26.4 Å². The van der Waals surface area contributed by atoms with Gasteiger partial charge in [-0.25, -0.2) is 4.57 Å². The Morgan fingerprint density at radius 3 is 0.718 bits per heavy atom. The molecule has 0 unspecified atom stereocenters. The van der Waals surface area contributed by atoms with Crippen LogP contribution in [0.1, 0.15) is 50.1 Å². The van der Waals surface area contributed by atoms with Crippen molar-refractivity contribution in [3.8, 4) is 0 Å². The summed E-state index contributed by atoms with van der Waals surface area (Å²) in [4.78, 5) is 0. The third-order valence-corrected chi connectivity index (χ3v) is 10.7. The second kappa shape index (κ2) is 19.2. The molecule has 1 heterocycles. The quantitative estimate of drug-likeness (QED) is 0.0889. The van der Waals surface area contributed by atoms with E-state index in [1.165, 1.54) is 5.56 Å². The van der Waals surface area contributed by atoms with E-state index in [2.05, 4.69) is 17.0 Å². The van der Waals surface area contributed by atoms with Crippen molar-refractivity contribution in [1.82, 2.24) is 0 Å². The van der Waals surface area contributed by atoms with E-state index < -0.39 is 195 Å². The molecule has 0 bridgehead atoms. The van der Waals surface area contributed by atoms with Gasteiger partial charge in [0.05, 0.1) is 44.5 Å². The Balaban J connectivity index is 0.000000569. The zero-order valence-electron chi connectivity index (χ0n) is 34.3. The van der Waals surface area contributed by atoms with Crippen LogP contribution in [-0.4, -0.2) is 6.15 Å². The SMILES string of the molecule is Clc1ccc(C[n+]2ccccc2)cc1.FC(F)(F)c1cc([B-](c2cc(C(F)(F)F)cc(C(F)(F)F)c2)(c2cc(C(F)(F)F)cc(C(F)(F)F)c2)c2cc(C(F)(F)F)cc(C(F)(F)F)c2)cc(C(F)(F)F)c1. The van der Waals surface area contributed by atoms with Crippen molar-refractivity contribution in [2.45, 2.75) is 56.0 Å². The normalized spacial score (nSPS) is 13.5. The number of hydrogen-bond acceptors (Lipinski definition) is 0. The monoisotopic (exact) mass is 1070 g/mol. The third kappa shape index (κ3) is 13.3. The topological polar surface area (TPSA) is 3.88 Å². The van der Waals surface area contributed by atoms with Crippen LogP contribution in [0.15, 0.2) is 128 Å². The predicted octanol–water partition coefficient (Wildman–Crippen LogP) is 13.9. The van der Waals surface area contributed by atoms with Gasteiger partial charge in [-0.2, -0.15) is 127 Å². The Kier molecular flexibility index (Phi) is 15.1. The van der Waals surface area contributed by atoms with E-state index in [0.29, 0.717) is 0 Å². The van der Waals surface area contributed by atoms with E-state index >= 15 is 0 Å². The van der Waals surface area contributed by atoms with Gasteiger partial charge in [-0.1, -0.05) is 78.3 Å². The summed E-state index contributed by atoms with van der Waals surface area (Å²) in [5, 5.41) is 0.784. The highest BCUT2D eigenvalue weighted by atomic mass is 35.5. The lowest BCUT2D eigenvalue weighted by atomic mass is 9.12. The number of nitrogens with zero attached hydrogens (tertiary/aromatic N) is 1. The predicted molar refractivity (Wildman–Crippen MR) is 207 cm³/mol. The van der Waals surface area contributed by atoms with Crippen LogP contribution in [-0.2, 0) is 56.0 Å². The van der Waals surface area contributed by atoms with Crippen LogP contribution in [0.25, 0.3) is 0 Å². The van der Waals surface area contributed by atoms with Crippen LogP contribution in [0.3, 0.4) is 0 Å². The third-order valence-electron chi connectivity index (χ3n) is 10.5. The maximum atomic E-state index is 14.2. The summed E-state index contributed by atoms with van der Waals surface area (Å²) in [5.41, 5.74) is -28.9. The van der Waals surface area contributed by atoms with Gasteiger partial charge in [0.15, 0.2) is 18.9 Å². The number of halogens is 25. The minimum Gasteiger partial charge on any atom is -0.201 e. The fraction of sp³-hybridized carbons (Fsp3) is 0.205. The zero-order valence-corrected chi connectivity index (χ0v) is 35.1. The van der Waals surface area contributed by atoms with E-state index in [9.17, 15) is 105 Å². The highest BCUT2D eigenvalue weighted by molar-refractivity contribution is 7.20. The molecule has 382 valence electrons. The van der Waals surface area contributed by atoms with Crippen molar-refractivity contribution in [2.75, 3.05) is 0 Å². The van der Waals surface area contributed by atoms with Crippen LogP contribution in [0.5, 0.6) is 0 Å². The molecule has 0 radical (unpaired) electrons. The minimum absolute atomic E-state index is 0.691. The number of aromatic nitrogens is 1. The minimum atomic E-state index is -6.13. The summed E-state index contributed by atoms with van der Waals surface area (Å²) < 4.78 is 343. The summed E-state index contributed by atoms with van der Waals surface area (Å²) in [7, 11) is 0. The summed E-state index contributed by atoms with van der Waals surface area (Å²) in [6, 6.07) is 5.17. The van der Waals surface area contributed by atoms with Gasteiger partial charge < -0.3 is 0 Å². The molecular weight excluding hydrogens is 1040 g/mol. The fourth-order valence-electron chi connectivity index (χ4n) is 7.41. The maximum Gasteiger partial charge on any atom is 0.416 e. The first-order chi connectivity index (χ1) is 32.1. The molecule has 0 aliphatic carbocycles. The van der Waals surface area contributed by atoms with Gasteiger partial charge in [-0.05, 0) is 36.4 Å². The molecule has 0 saturated heterocycles. The standard InChI is InChI=1S/C32H12BF24.C12H11ClN/c34-25(35,36)13-1-14(26(37,38)39)6-21(5-13)33(22-7-15(27(40,41)42)2-16(8-22)28(43,44)45,23-9-17(29(46,47)48)3-18(10-23)30(49,50)51)24-11-19(31(52,53)54)4-20(12-24)32(55,56)57;13-12-6-4-11(5-7-12)10-14-8-2-1-3-9-14/h1-12H;1-9H,10H2/q-1;+1. The van der Waals surface area contributed by atoms with Crippen molar-refractivity contribution in [1.29, 1.82) is 0 Å². The largest absolute Gasteiger partial charge is 0.416 e. The molecule has 1 nitrogen and oxygen atoms in total. The summed E-state index contributed by atoms with van der Waals surface area (Å²) in [6.07, 6.45) is -50.7. The van der Waals surface area contributed by atoms with Crippen LogP contribution in [0, 0.1) is 0 Å². The van der Waals surface area contributed by atoms with Gasteiger partial charge in [0, 0.05) is 22.7 Å². The molecule has 27 heteroatoms. The molecule has 0 spiro atoms. The molecule has 71 heavy (non-hydrogen) atoms. The molecule has 0 fully saturated rings. The number of hydrogen-bond donors (Lipinski definition) is 0. The molecule has 1 aromatic heterocycles. The Hall–Kier alpha value is -6.08. The molecule has 6 rings (SSSR count). The van der Waals surface area contributed by atoms with Crippen molar-refractivity contribution >= 4 is 39.6 Å². The molecule has 5 aromatic carbocycles. The maximum absolute atomic E-state index is 14.2. The Bertz CT molecular complexity index is 2400. The lowest BCUT2D eigenvalue weighted by Crippen LogP contribution is -2.75. The van der Waals surface area contributed by atoms with Crippen LogP contribution in [0.4, 0.5) is 105 Å². The second-order valence-electron chi connectivity index (χ2n) is 15.4. The van der Waals surface area contributed by atoms with E-state index in [0.717, 1.165) is 11.6 Å². The summed E-state index contributed by atoms with van der Waals surface area (Å²) in [5.74, 6) is 0. The molecule has 0 N–H and O–H groups in total. The lowest BCUT2D eigenvalue weighted by Gasteiger charge is -2.46. The average Bonchev–Trinajstić information content (AvgIpc) is 3.22. The fourth-order valence-corrected chi connectivity index (χ4v) is 7.54. The molecular formula is C44H23BClF24N. The molecule has 0 aliphatic rings. The van der Waals surface area contributed by atoms with E-state index in [1.54, 1.807) is 0 Å². The van der Waals surface area contributed by atoms with Gasteiger partial charge in [-0.15, -0.1) is 0 Å². The van der Waals surface area contributed by atoms with Gasteiger partial charge >= 0.3 is 49.4 Å². The van der Waals surface area contributed by atoms with Gasteiger partial charge in [-0.3, -0.25) is 0 Å². The highest BCUT2D eigenvalue weighted by Crippen LogP contribution is 2.41.